The van der Waals surface area contributed by atoms with Crippen LogP contribution in [-0.4, -0.2) is 65.3 Å². The van der Waals surface area contributed by atoms with E-state index in [1.165, 1.54) is 57.8 Å². The highest BCUT2D eigenvalue weighted by Crippen LogP contribution is 2.38. The van der Waals surface area contributed by atoms with Gasteiger partial charge in [0.1, 0.15) is 12.5 Å². The molecule has 0 aromatic carbocycles. The molecule has 0 aromatic heterocycles. The van der Waals surface area contributed by atoms with Crippen LogP contribution in [0.25, 0.3) is 0 Å². The number of hydrogen-bond acceptors (Lipinski definition) is 3. The van der Waals surface area contributed by atoms with E-state index in [0.29, 0.717) is 23.9 Å². The Hall–Kier alpha value is -0.100. The highest BCUT2D eigenvalue weighted by molar-refractivity contribution is 8.25. The normalized spacial score (nSPS) is 32.7. The van der Waals surface area contributed by atoms with Gasteiger partial charge in [-0.3, -0.25) is 10.2 Å². The molecule has 1 heterocycles. The minimum absolute atomic E-state index is 0.184. The van der Waals surface area contributed by atoms with Crippen LogP contribution in [0.2, 0.25) is 0 Å². The van der Waals surface area contributed by atoms with E-state index in [9.17, 15) is 4.39 Å². The third-order valence-electron chi connectivity index (χ3n) is 8.17. The fourth-order valence-corrected chi connectivity index (χ4v) is 5.59. The zero-order valence-electron chi connectivity index (χ0n) is 22.7. The van der Waals surface area contributed by atoms with Crippen molar-refractivity contribution >= 4 is 21.1 Å². The quantitative estimate of drug-likeness (QED) is 0.403. The van der Waals surface area contributed by atoms with Crippen molar-refractivity contribution in [2.75, 3.05) is 19.8 Å². The molecular formula is C28H56FN3S. The summed E-state index contributed by atoms with van der Waals surface area (Å²) in [6, 6.07) is 1.03. The van der Waals surface area contributed by atoms with Crippen LogP contribution in [0.5, 0.6) is 0 Å². The SMILES string of the molecule is C1CCC1.C1CCC1.C=S(=C)(C)N(C)C1NC(C(C)C)CC(C2CCC(F)CC2)N1CCC. The smallest absolute Gasteiger partial charge is 0.125 e. The van der Waals surface area contributed by atoms with Crippen LogP contribution in [0.15, 0.2) is 0 Å². The first-order chi connectivity index (χ1) is 15.6. The Morgan fingerprint density at radius 3 is 1.82 bits per heavy atom. The van der Waals surface area contributed by atoms with E-state index >= 15 is 0 Å². The zero-order valence-corrected chi connectivity index (χ0v) is 23.5. The maximum Gasteiger partial charge on any atom is 0.125 e. The third-order valence-corrected chi connectivity index (χ3v) is 9.76. The van der Waals surface area contributed by atoms with E-state index < -0.39 is 15.6 Å². The molecule has 0 spiro atoms. The van der Waals surface area contributed by atoms with Crippen molar-refractivity contribution in [2.24, 2.45) is 11.8 Å². The van der Waals surface area contributed by atoms with Gasteiger partial charge >= 0.3 is 0 Å². The molecule has 3 saturated carbocycles. The minimum atomic E-state index is -1.30. The molecule has 4 rings (SSSR count). The van der Waals surface area contributed by atoms with E-state index in [1.807, 2.05) is 0 Å². The summed E-state index contributed by atoms with van der Waals surface area (Å²) in [5, 5.41) is 3.89. The van der Waals surface area contributed by atoms with Gasteiger partial charge in [0.15, 0.2) is 0 Å². The van der Waals surface area contributed by atoms with Crippen molar-refractivity contribution in [3.05, 3.63) is 0 Å². The number of halogens is 1. The molecular weight excluding hydrogens is 429 g/mol. The fourth-order valence-electron chi connectivity index (χ4n) is 4.92. The summed E-state index contributed by atoms with van der Waals surface area (Å²) < 4.78 is 16.0. The molecule has 4 fully saturated rings. The minimum Gasteiger partial charge on any atom is -0.286 e. The van der Waals surface area contributed by atoms with Crippen molar-refractivity contribution in [3.63, 3.8) is 0 Å². The average molecular weight is 486 g/mol. The van der Waals surface area contributed by atoms with Gasteiger partial charge in [0, 0.05) is 18.6 Å². The molecule has 0 aromatic rings. The highest BCUT2D eigenvalue weighted by atomic mass is 32.2. The molecule has 3 nitrogen and oxygen atoms in total. The topological polar surface area (TPSA) is 18.5 Å². The van der Waals surface area contributed by atoms with Gasteiger partial charge in [0.25, 0.3) is 0 Å². The lowest BCUT2D eigenvalue weighted by atomic mass is 9.78. The number of hydrogen-bond donors (Lipinski definition) is 1. The van der Waals surface area contributed by atoms with Crippen LogP contribution in [0.1, 0.15) is 111 Å². The van der Waals surface area contributed by atoms with Crippen molar-refractivity contribution in [2.45, 2.75) is 135 Å². The predicted octanol–water partition coefficient (Wildman–Crippen LogP) is 7.16. The highest BCUT2D eigenvalue weighted by Gasteiger charge is 2.42. The van der Waals surface area contributed by atoms with E-state index in [2.05, 4.69) is 60.3 Å². The summed E-state index contributed by atoms with van der Waals surface area (Å²) in [5.74, 6) is 9.89. The van der Waals surface area contributed by atoms with Gasteiger partial charge < -0.3 is 0 Å². The molecule has 33 heavy (non-hydrogen) atoms. The number of alkyl halides is 1. The molecule has 3 aliphatic carbocycles. The maximum absolute atomic E-state index is 13.7. The molecule has 4 aliphatic rings. The predicted molar refractivity (Wildman–Crippen MR) is 150 cm³/mol. The lowest BCUT2D eigenvalue weighted by Crippen LogP contribution is -2.67. The number of rotatable bonds is 6. The van der Waals surface area contributed by atoms with Crippen molar-refractivity contribution in [3.8, 4) is 0 Å². The molecule has 5 heteroatoms. The standard InChI is InChI=1S/C20H40FN3S.2C4H8/c1-8-13-24-19(16-9-11-17(21)12-10-16)14-18(15(2)3)22-20(24)23(4)25(5,6)7;2*1-2-4-3-1/h15-20,22H,5-6,8-14H2,1-4,7H3;2*1-4H2. The molecule has 3 atom stereocenters. The second-order valence-corrected chi connectivity index (χ2v) is 14.6. The molecule has 3 unspecified atom stereocenters. The third kappa shape index (κ3) is 9.46. The summed E-state index contributed by atoms with van der Waals surface area (Å²) in [4.78, 5) is 2.64. The summed E-state index contributed by atoms with van der Waals surface area (Å²) in [6.45, 7) is 7.94. The Morgan fingerprint density at radius 1 is 0.970 bits per heavy atom. The molecule has 0 amide bonds. The van der Waals surface area contributed by atoms with Crippen LogP contribution in [-0.2, 0) is 0 Å². The Bertz CT molecular complexity index is 603. The van der Waals surface area contributed by atoms with Crippen LogP contribution in [0, 0.1) is 11.8 Å². The van der Waals surface area contributed by atoms with Crippen LogP contribution in [0.4, 0.5) is 4.39 Å². The van der Waals surface area contributed by atoms with Crippen LogP contribution < -0.4 is 5.32 Å². The van der Waals surface area contributed by atoms with E-state index in [-0.39, 0.29) is 6.29 Å². The van der Waals surface area contributed by atoms with Gasteiger partial charge in [-0.25, -0.2) is 8.70 Å². The van der Waals surface area contributed by atoms with Gasteiger partial charge in [-0.05, 0) is 63.7 Å². The molecule has 1 N–H and O–H groups in total. The number of nitrogens with zero attached hydrogens (tertiary/aromatic N) is 2. The second kappa shape index (κ2) is 14.5. The summed E-state index contributed by atoms with van der Waals surface area (Å²) in [7, 11) is 0.864. The monoisotopic (exact) mass is 485 g/mol. The lowest BCUT2D eigenvalue weighted by Gasteiger charge is -2.53. The molecule has 1 aliphatic heterocycles. The maximum atomic E-state index is 13.7. The van der Waals surface area contributed by atoms with Gasteiger partial charge in [0.05, 0.1) is 0 Å². The Balaban J connectivity index is 0.000000400. The summed E-state index contributed by atoms with van der Waals surface area (Å²) in [5.41, 5.74) is 0. The van der Waals surface area contributed by atoms with Crippen LogP contribution >= 0.6 is 9.39 Å². The van der Waals surface area contributed by atoms with Crippen molar-refractivity contribution in [1.29, 1.82) is 0 Å². The first kappa shape index (κ1) is 29.1. The van der Waals surface area contributed by atoms with Gasteiger partial charge in [-0.1, -0.05) is 83.9 Å². The van der Waals surface area contributed by atoms with Gasteiger partial charge in [-0.15, -0.1) is 0 Å². The average Bonchev–Trinajstić information content (AvgIpc) is 2.65. The van der Waals surface area contributed by atoms with E-state index in [1.54, 1.807) is 0 Å². The fraction of sp³-hybridized carbons (Fsp3) is 0.929. The summed E-state index contributed by atoms with van der Waals surface area (Å²) >= 11 is 0. The zero-order chi connectivity index (χ0) is 24.4. The largest absolute Gasteiger partial charge is 0.286 e. The first-order valence-electron chi connectivity index (χ1n) is 14.0. The molecule has 1 saturated heterocycles. The Labute approximate surface area is 206 Å². The van der Waals surface area contributed by atoms with Gasteiger partial charge in [-0.2, -0.15) is 9.39 Å². The van der Waals surface area contributed by atoms with E-state index in [0.717, 1.165) is 38.6 Å². The summed E-state index contributed by atoms with van der Waals surface area (Å²) in [6.07, 6.45) is 19.6. The van der Waals surface area contributed by atoms with Crippen molar-refractivity contribution < 1.29 is 4.39 Å². The Morgan fingerprint density at radius 2 is 1.45 bits per heavy atom. The first-order valence-corrected chi connectivity index (χ1v) is 16.3. The molecule has 0 bridgehead atoms. The molecule has 196 valence electrons. The number of nitrogens with one attached hydrogen (secondary N) is 1. The van der Waals surface area contributed by atoms with Gasteiger partial charge in [0.2, 0.25) is 0 Å². The van der Waals surface area contributed by atoms with E-state index in [4.69, 9.17) is 0 Å². The second-order valence-electron chi connectivity index (χ2n) is 11.5. The van der Waals surface area contributed by atoms with Crippen LogP contribution in [0.3, 0.4) is 0 Å². The van der Waals surface area contributed by atoms with Crippen molar-refractivity contribution in [1.82, 2.24) is 14.5 Å². The lowest BCUT2D eigenvalue weighted by molar-refractivity contribution is -0.0438. The Kier molecular flexibility index (Phi) is 12.8. The molecule has 0 radical (unpaired) electrons.